The molecule has 2 aromatic rings. The summed E-state index contributed by atoms with van der Waals surface area (Å²) in [6.07, 6.45) is -1.48. The Bertz CT molecular complexity index is 661. The summed E-state index contributed by atoms with van der Waals surface area (Å²) in [5, 5.41) is 0. The average molecular weight is 291 g/mol. The third kappa shape index (κ3) is 2.68. The van der Waals surface area contributed by atoms with Gasteiger partial charge in [-0.15, -0.1) is 0 Å². The first kappa shape index (κ1) is 14.1. The summed E-state index contributed by atoms with van der Waals surface area (Å²) in [5.74, 6) is 0. The quantitative estimate of drug-likeness (QED) is 0.809. The van der Waals surface area contributed by atoms with E-state index in [1.165, 1.54) is 12.1 Å². The molecule has 0 fully saturated rings. The highest BCUT2D eigenvalue weighted by Gasteiger charge is 2.33. The van der Waals surface area contributed by atoms with E-state index >= 15 is 0 Å². The Morgan fingerprint density at radius 1 is 1.05 bits per heavy atom. The van der Waals surface area contributed by atoms with Crippen LogP contribution in [0.2, 0.25) is 0 Å². The first-order chi connectivity index (χ1) is 9.97. The molecule has 0 heterocycles. The lowest BCUT2D eigenvalue weighted by Gasteiger charge is -2.23. The Hall–Kier alpha value is -1.81. The Kier molecular flexibility index (Phi) is 3.49. The van der Waals surface area contributed by atoms with E-state index in [1.54, 1.807) is 12.1 Å². The van der Waals surface area contributed by atoms with Gasteiger partial charge in [0.25, 0.3) is 0 Å². The van der Waals surface area contributed by atoms with Gasteiger partial charge >= 0.3 is 6.18 Å². The van der Waals surface area contributed by atoms with Crippen LogP contribution in [0.4, 0.5) is 13.2 Å². The molecular formula is C17H16F3N. The van der Waals surface area contributed by atoms with E-state index in [1.807, 2.05) is 12.1 Å². The van der Waals surface area contributed by atoms with Gasteiger partial charge in [0.2, 0.25) is 0 Å². The lowest BCUT2D eigenvalue weighted by Crippen LogP contribution is -2.17. The molecule has 2 N–H and O–H groups in total. The van der Waals surface area contributed by atoms with E-state index < -0.39 is 11.7 Å². The van der Waals surface area contributed by atoms with Crippen LogP contribution in [0.5, 0.6) is 0 Å². The zero-order valence-corrected chi connectivity index (χ0v) is 11.5. The molecule has 1 atom stereocenters. The van der Waals surface area contributed by atoms with Crippen molar-refractivity contribution in [2.75, 3.05) is 0 Å². The molecule has 1 unspecified atom stereocenters. The molecule has 3 rings (SSSR count). The van der Waals surface area contributed by atoms with Crippen LogP contribution in [0.15, 0.2) is 42.5 Å². The molecule has 0 spiro atoms. The molecule has 0 bridgehead atoms. The van der Waals surface area contributed by atoms with Crippen LogP contribution in [-0.4, -0.2) is 0 Å². The third-order valence-electron chi connectivity index (χ3n) is 4.05. The third-order valence-corrected chi connectivity index (χ3v) is 4.05. The Balaban J connectivity index is 2.12. The second-order valence-corrected chi connectivity index (χ2v) is 5.46. The molecule has 2 aromatic carbocycles. The smallest absolute Gasteiger partial charge is 0.324 e. The van der Waals surface area contributed by atoms with E-state index in [-0.39, 0.29) is 11.6 Å². The maximum Gasteiger partial charge on any atom is 0.417 e. The summed E-state index contributed by atoms with van der Waals surface area (Å²) >= 11 is 0. The van der Waals surface area contributed by atoms with Crippen LogP contribution in [-0.2, 0) is 12.6 Å². The molecule has 4 heteroatoms. The minimum Gasteiger partial charge on any atom is -0.324 e. The lowest BCUT2D eigenvalue weighted by molar-refractivity contribution is -0.137. The van der Waals surface area contributed by atoms with Gasteiger partial charge in [0.05, 0.1) is 5.56 Å². The van der Waals surface area contributed by atoms with Crippen molar-refractivity contribution in [3.05, 3.63) is 59.2 Å². The summed E-state index contributed by atoms with van der Waals surface area (Å²) in [6.45, 7) is 0. The summed E-state index contributed by atoms with van der Waals surface area (Å²) in [7, 11) is 0. The number of benzene rings is 2. The summed E-state index contributed by atoms with van der Waals surface area (Å²) < 4.78 is 39.4. The number of alkyl halides is 3. The zero-order valence-electron chi connectivity index (χ0n) is 11.5. The number of halogens is 3. The highest BCUT2D eigenvalue weighted by molar-refractivity contribution is 5.69. The lowest BCUT2D eigenvalue weighted by atomic mass is 9.85. The van der Waals surface area contributed by atoms with Crippen molar-refractivity contribution < 1.29 is 13.2 Å². The Morgan fingerprint density at radius 2 is 1.81 bits per heavy atom. The number of aryl methyl sites for hydroxylation is 1. The van der Waals surface area contributed by atoms with Crippen LogP contribution < -0.4 is 5.73 Å². The van der Waals surface area contributed by atoms with Crippen molar-refractivity contribution in [2.24, 2.45) is 5.73 Å². The number of hydrogen-bond acceptors (Lipinski definition) is 1. The first-order valence-electron chi connectivity index (χ1n) is 7.02. The fraction of sp³-hybridized carbons (Fsp3) is 0.294. The standard InChI is InChI=1S/C17H16F3N/c18-17(19,20)15-6-2-1-5-13(15)12-9-8-11-4-3-7-16(21)14(11)10-12/h1-2,5-6,8-10,16H,3-4,7,21H2. The maximum atomic E-state index is 13.1. The topological polar surface area (TPSA) is 26.0 Å². The molecule has 0 aliphatic heterocycles. The number of rotatable bonds is 1. The van der Waals surface area contributed by atoms with Crippen LogP contribution >= 0.6 is 0 Å². The summed E-state index contributed by atoms with van der Waals surface area (Å²) in [5.41, 5.74) is 8.43. The summed E-state index contributed by atoms with van der Waals surface area (Å²) in [4.78, 5) is 0. The summed E-state index contributed by atoms with van der Waals surface area (Å²) in [6, 6.07) is 11.1. The highest BCUT2D eigenvalue weighted by atomic mass is 19.4. The number of hydrogen-bond donors (Lipinski definition) is 1. The largest absolute Gasteiger partial charge is 0.417 e. The molecule has 0 saturated heterocycles. The molecule has 0 saturated carbocycles. The van der Waals surface area contributed by atoms with Gasteiger partial charge in [0, 0.05) is 6.04 Å². The highest BCUT2D eigenvalue weighted by Crippen LogP contribution is 2.38. The number of fused-ring (bicyclic) bond motifs is 1. The van der Waals surface area contributed by atoms with Gasteiger partial charge in [0.15, 0.2) is 0 Å². The van der Waals surface area contributed by atoms with E-state index in [2.05, 4.69) is 0 Å². The van der Waals surface area contributed by atoms with Gasteiger partial charge in [-0.05, 0) is 53.6 Å². The molecule has 0 amide bonds. The minimum atomic E-state index is -4.35. The molecule has 1 aliphatic carbocycles. The van der Waals surface area contributed by atoms with Crippen LogP contribution in [0, 0.1) is 0 Å². The van der Waals surface area contributed by atoms with Gasteiger partial charge < -0.3 is 5.73 Å². The minimum absolute atomic E-state index is 0.0771. The number of nitrogens with two attached hydrogens (primary N) is 1. The van der Waals surface area contributed by atoms with Crippen molar-refractivity contribution >= 4 is 0 Å². The second kappa shape index (κ2) is 5.19. The van der Waals surface area contributed by atoms with E-state index in [9.17, 15) is 13.2 Å². The van der Waals surface area contributed by atoms with Crippen LogP contribution in [0.25, 0.3) is 11.1 Å². The maximum absolute atomic E-state index is 13.1. The van der Waals surface area contributed by atoms with E-state index in [0.29, 0.717) is 5.56 Å². The molecule has 21 heavy (non-hydrogen) atoms. The Morgan fingerprint density at radius 3 is 2.57 bits per heavy atom. The van der Waals surface area contributed by atoms with Crippen molar-refractivity contribution in [1.29, 1.82) is 0 Å². The Labute approximate surface area is 121 Å². The van der Waals surface area contributed by atoms with Crippen LogP contribution in [0.3, 0.4) is 0 Å². The normalized spacial score (nSPS) is 18.4. The fourth-order valence-corrected chi connectivity index (χ4v) is 2.99. The zero-order chi connectivity index (χ0) is 15.0. The SMILES string of the molecule is NC1CCCc2ccc(-c3ccccc3C(F)(F)F)cc21. The van der Waals surface area contributed by atoms with Crippen molar-refractivity contribution in [2.45, 2.75) is 31.5 Å². The molecular weight excluding hydrogens is 275 g/mol. The predicted molar refractivity (Wildman–Crippen MR) is 76.7 cm³/mol. The van der Waals surface area contributed by atoms with Gasteiger partial charge in [-0.3, -0.25) is 0 Å². The monoisotopic (exact) mass is 291 g/mol. The van der Waals surface area contributed by atoms with Gasteiger partial charge in [-0.2, -0.15) is 13.2 Å². The van der Waals surface area contributed by atoms with Crippen molar-refractivity contribution in [1.82, 2.24) is 0 Å². The molecule has 110 valence electrons. The van der Waals surface area contributed by atoms with E-state index in [0.717, 1.165) is 36.5 Å². The van der Waals surface area contributed by atoms with Gasteiger partial charge in [-0.1, -0.05) is 30.3 Å². The molecule has 0 radical (unpaired) electrons. The molecule has 1 nitrogen and oxygen atoms in total. The molecule has 0 aromatic heterocycles. The average Bonchev–Trinajstić information content (AvgIpc) is 2.46. The van der Waals surface area contributed by atoms with Crippen molar-refractivity contribution in [3.8, 4) is 11.1 Å². The van der Waals surface area contributed by atoms with Gasteiger partial charge in [-0.25, -0.2) is 0 Å². The van der Waals surface area contributed by atoms with Crippen LogP contribution in [0.1, 0.15) is 35.6 Å². The molecule has 1 aliphatic rings. The van der Waals surface area contributed by atoms with Gasteiger partial charge in [0.1, 0.15) is 0 Å². The van der Waals surface area contributed by atoms with E-state index in [4.69, 9.17) is 5.73 Å². The predicted octanol–water partition coefficient (Wildman–Crippen LogP) is 4.71. The second-order valence-electron chi connectivity index (χ2n) is 5.46. The van der Waals surface area contributed by atoms with Crippen molar-refractivity contribution in [3.63, 3.8) is 0 Å². The first-order valence-corrected chi connectivity index (χ1v) is 7.02. The fourth-order valence-electron chi connectivity index (χ4n) is 2.99.